The van der Waals surface area contributed by atoms with E-state index in [1.165, 1.54) is 0 Å². The topological polar surface area (TPSA) is 131 Å². The van der Waals surface area contributed by atoms with Gasteiger partial charge in [-0.05, 0) is 46.5 Å². The van der Waals surface area contributed by atoms with Crippen molar-refractivity contribution in [1.82, 2.24) is 15.4 Å². The number of sulfonamides is 1. The van der Waals surface area contributed by atoms with Crippen LogP contribution in [0.2, 0.25) is 0 Å². The lowest BCUT2D eigenvalue weighted by atomic mass is 9.98. The van der Waals surface area contributed by atoms with Gasteiger partial charge < -0.3 is 15.4 Å². The molecule has 0 aromatic heterocycles. The van der Waals surface area contributed by atoms with Gasteiger partial charge in [0.1, 0.15) is 11.6 Å². The Balaban J connectivity index is 2.05. The molecule has 25 heavy (non-hydrogen) atoms. The van der Waals surface area contributed by atoms with Crippen molar-refractivity contribution in [1.29, 1.82) is 0 Å². The molecule has 9 nitrogen and oxygen atoms in total. The molecule has 2 fully saturated rings. The van der Waals surface area contributed by atoms with E-state index in [2.05, 4.69) is 10.6 Å². The molecule has 142 valence electrons. The van der Waals surface area contributed by atoms with Crippen LogP contribution in [-0.2, 0) is 24.3 Å². The molecule has 0 bridgehead atoms. The van der Waals surface area contributed by atoms with Crippen LogP contribution in [0.5, 0.6) is 0 Å². The third-order valence-corrected chi connectivity index (χ3v) is 5.73. The Morgan fingerprint density at radius 3 is 2.40 bits per heavy atom. The second-order valence-corrected chi connectivity index (χ2v) is 9.38. The average molecular weight is 375 g/mol. The molecule has 1 saturated carbocycles. The Kier molecular flexibility index (Phi) is 5.60. The van der Waals surface area contributed by atoms with Crippen LogP contribution in [0.3, 0.4) is 0 Å². The molecule has 1 aliphatic heterocycles. The summed E-state index contributed by atoms with van der Waals surface area (Å²) >= 11 is 0. The Hall–Kier alpha value is -1.84. The highest BCUT2D eigenvalue weighted by atomic mass is 32.2. The number of amides is 3. The SMILES string of the molecule is CC(C)(C)OC(=O)N[C@@H](C[C@@H]1CCNC1=O)C(=O)NS(=O)(=O)C1CC1. The van der Waals surface area contributed by atoms with Gasteiger partial charge in [-0.3, -0.25) is 14.3 Å². The van der Waals surface area contributed by atoms with E-state index in [4.69, 9.17) is 4.74 Å². The minimum Gasteiger partial charge on any atom is -0.444 e. The van der Waals surface area contributed by atoms with Crippen LogP contribution in [0.25, 0.3) is 0 Å². The molecule has 1 saturated heterocycles. The molecule has 1 heterocycles. The van der Waals surface area contributed by atoms with E-state index < -0.39 is 44.8 Å². The van der Waals surface area contributed by atoms with E-state index in [0.29, 0.717) is 25.8 Å². The molecule has 2 aliphatic rings. The Labute approximate surface area is 147 Å². The third kappa shape index (κ3) is 5.87. The van der Waals surface area contributed by atoms with Crippen LogP contribution in [0.1, 0.15) is 46.5 Å². The minimum absolute atomic E-state index is 0.0110. The highest BCUT2D eigenvalue weighted by Crippen LogP contribution is 2.27. The van der Waals surface area contributed by atoms with Gasteiger partial charge in [-0.1, -0.05) is 0 Å². The molecule has 3 amide bonds. The van der Waals surface area contributed by atoms with Gasteiger partial charge in [0.15, 0.2) is 0 Å². The monoisotopic (exact) mass is 375 g/mol. The molecule has 0 radical (unpaired) electrons. The number of carbonyl (C=O) groups is 3. The molecule has 0 unspecified atom stereocenters. The van der Waals surface area contributed by atoms with Gasteiger partial charge in [0.05, 0.1) is 5.25 Å². The zero-order chi connectivity index (χ0) is 18.8. The standard InChI is InChI=1S/C15H25N3O6S/c1-15(2,3)24-14(21)17-11(8-9-6-7-16-12(9)19)13(20)18-25(22,23)10-4-5-10/h9-11H,4-8H2,1-3H3,(H,16,19)(H,17,21)(H,18,20)/t9-,11-/m0/s1. The van der Waals surface area contributed by atoms with Crippen molar-refractivity contribution in [3.63, 3.8) is 0 Å². The lowest BCUT2D eigenvalue weighted by Crippen LogP contribution is -2.51. The number of nitrogens with one attached hydrogen (secondary N) is 3. The van der Waals surface area contributed by atoms with Crippen LogP contribution in [-0.4, -0.2) is 49.8 Å². The quantitative estimate of drug-likeness (QED) is 0.600. The second-order valence-electron chi connectivity index (χ2n) is 7.42. The fourth-order valence-electron chi connectivity index (χ4n) is 2.51. The van der Waals surface area contributed by atoms with Crippen LogP contribution in [0.15, 0.2) is 0 Å². The zero-order valence-corrected chi connectivity index (χ0v) is 15.4. The predicted octanol–water partition coefficient (Wildman–Crippen LogP) is 0.0143. The first kappa shape index (κ1) is 19.5. The number of alkyl carbamates (subject to hydrolysis) is 1. The van der Waals surface area contributed by atoms with E-state index in [1.807, 2.05) is 4.72 Å². The van der Waals surface area contributed by atoms with Crippen LogP contribution >= 0.6 is 0 Å². The fourth-order valence-corrected chi connectivity index (χ4v) is 3.85. The molecule has 0 spiro atoms. The van der Waals surface area contributed by atoms with Crippen molar-refractivity contribution >= 4 is 27.9 Å². The molecule has 10 heteroatoms. The smallest absolute Gasteiger partial charge is 0.408 e. The van der Waals surface area contributed by atoms with Crippen molar-refractivity contribution in [2.24, 2.45) is 5.92 Å². The number of hydrogen-bond acceptors (Lipinski definition) is 6. The first-order chi connectivity index (χ1) is 11.5. The summed E-state index contributed by atoms with van der Waals surface area (Å²) in [5.41, 5.74) is -0.768. The van der Waals surface area contributed by atoms with Crippen LogP contribution in [0, 0.1) is 5.92 Å². The van der Waals surface area contributed by atoms with Crippen LogP contribution < -0.4 is 15.4 Å². The summed E-state index contributed by atoms with van der Waals surface area (Å²) in [7, 11) is -3.74. The summed E-state index contributed by atoms with van der Waals surface area (Å²) in [4.78, 5) is 36.1. The Morgan fingerprint density at radius 1 is 1.28 bits per heavy atom. The van der Waals surface area contributed by atoms with Gasteiger partial charge >= 0.3 is 6.09 Å². The lowest BCUT2D eigenvalue weighted by molar-refractivity contribution is -0.124. The molecular weight excluding hydrogens is 350 g/mol. The minimum atomic E-state index is -3.74. The van der Waals surface area contributed by atoms with E-state index in [-0.39, 0.29) is 12.3 Å². The number of rotatable bonds is 6. The Bertz CT molecular complexity index is 651. The molecule has 2 atom stereocenters. The molecule has 0 aromatic rings. The van der Waals surface area contributed by atoms with E-state index >= 15 is 0 Å². The van der Waals surface area contributed by atoms with Crippen molar-refractivity contribution in [2.75, 3.05) is 6.54 Å². The Morgan fingerprint density at radius 2 is 1.92 bits per heavy atom. The van der Waals surface area contributed by atoms with Gasteiger partial charge in [0.25, 0.3) is 5.91 Å². The highest BCUT2D eigenvalue weighted by molar-refractivity contribution is 7.90. The highest BCUT2D eigenvalue weighted by Gasteiger charge is 2.39. The van der Waals surface area contributed by atoms with Gasteiger partial charge in [-0.25, -0.2) is 13.2 Å². The molecule has 3 N–H and O–H groups in total. The molecular formula is C15H25N3O6S. The fraction of sp³-hybridized carbons (Fsp3) is 0.800. The summed E-state index contributed by atoms with van der Waals surface area (Å²) in [6, 6.07) is -1.17. The zero-order valence-electron chi connectivity index (χ0n) is 14.6. The number of hydrogen-bond donors (Lipinski definition) is 3. The van der Waals surface area contributed by atoms with Crippen molar-refractivity contribution < 1.29 is 27.5 Å². The maximum atomic E-state index is 12.4. The normalized spacial score (nSPS) is 22.0. The van der Waals surface area contributed by atoms with Gasteiger partial charge in [-0.15, -0.1) is 0 Å². The summed E-state index contributed by atoms with van der Waals surface area (Å²) < 4.78 is 31.1. The largest absolute Gasteiger partial charge is 0.444 e. The summed E-state index contributed by atoms with van der Waals surface area (Å²) in [6.45, 7) is 5.50. The lowest BCUT2D eigenvalue weighted by Gasteiger charge is -2.24. The average Bonchev–Trinajstić information content (AvgIpc) is 3.22. The maximum absolute atomic E-state index is 12.4. The van der Waals surface area contributed by atoms with Crippen molar-refractivity contribution in [2.45, 2.75) is 63.3 Å². The van der Waals surface area contributed by atoms with E-state index in [0.717, 1.165) is 0 Å². The molecule has 1 aliphatic carbocycles. The van der Waals surface area contributed by atoms with E-state index in [9.17, 15) is 22.8 Å². The van der Waals surface area contributed by atoms with Gasteiger partial charge in [0.2, 0.25) is 15.9 Å². The predicted molar refractivity (Wildman–Crippen MR) is 89.0 cm³/mol. The van der Waals surface area contributed by atoms with E-state index in [1.54, 1.807) is 20.8 Å². The molecule has 2 rings (SSSR count). The molecule has 0 aromatic carbocycles. The van der Waals surface area contributed by atoms with Crippen molar-refractivity contribution in [3.05, 3.63) is 0 Å². The first-order valence-electron chi connectivity index (χ1n) is 8.30. The number of carbonyl (C=O) groups excluding carboxylic acids is 3. The summed E-state index contributed by atoms with van der Waals surface area (Å²) in [5, 5.41) is 4.47. The third-order valence-electron chi connectivity index (χ3n) is 3.90. The first-order valence-corrected chi connectivity index (χ1v) is 9.85. The maximum Gasteiger partial charge on any atom is 0.408 e. The van der Waals surface area contributed by atoms with Gasteiger partial charge in [0, 0.05) is 12.5 Å². The van der Waals surface area contributed by atoms with Crippen LogP contribution in [0.4, 0.5) is 4.79 Å². The van der Waals surface area contributed by atoms with Gasteiger partial charge in [-0.2, -0.15) is 0 Å². The number of ether oxygens (including phenoxy) is 1. The van der Waals surface area contributed by atoms with Crippen molar-refractivity contribution in [3.8, 4) is 0 Å². The summed E-state index contributed by atoms with van der Waals surface area (Å²) in [5.74, 6) is -1.53. The summed E-state index contributed by atoms with van der Waals surface area (Å²) in [6.07, 6.45) is 0.718. The second kappa shape index (κ2) is 7.19.